The summed E-state index contributed by atoms with van der Waals surface area (Å²) in [4.78, 5) is 25.6. The van der Waals surface area contributed by atoms with E-state index >= 15 is 0 Å². The number of carbonyl (C=O) groups excluding carboxylic acids is 1. The van der Waals surface area contributed by atoms with Gasteiger partial charge in [-0.15, -0.1) is 0 Å². The number of hydrogen-bond acceptors (Lipinski definition) is 5. The van der Waals surface area contributed by atoms with Gasteiger partial charge in [-0.3, -0.25) is 19.8 Å². The number of nitrogens with one attached hydrogen (secondary N) is 1. The lowest BCUT2D eigenvalue weighted by Gasteiger charge is -2.28. The highest BCUT2D eigenvalue weighted by Crippen LogP contribution is 2.26. The third kappa shape index (κ3) is 4.79. The first kappa shape index (κ1) is 20.5. The number of amides is 1. The van der Waals surface area contributed by atoms with Gasteiger partial charge in [0.05, 0.1) is 23.6 Å². The molecule has 1 heterocycles. The zero-order valence-corrected chi connectivity index (χ0v) is 17.7. The number of hydrogen-bond donors (Lipinski definition) is 1. The Labute approximate surface area is 177 Å². The standard InChI is InChI=1S/C20H22IN3O4/c1-28-16-7-4-14(5-8-16)19(23-10-2-3-11-23)13-22-20(25)17-12-15(24(26)27)6-9-18(17)21/h4-9,12,19H,2-3,10-11,13H2,1H3,(H,22,25). The molecular weight excluding hydrogens is 473 g/mol. The number of nitrogens with zero attached hydrogens (tertiary/aromatic N) is 2. The summed E-state index contributed by atoms with van der Waals surface area (Å²) in [7, 11) is 1.63. The molecule has 0 saturated carbocycles. The van der Waals surface area contributed by atoms with Gasteiger partial charge in [0.2, 0.25) is 0 Å². The first-order valence-electron chi connectivity index (χ1n) is 9.09. The molecule has 1 N–H and O–H groups in total. The van der Waals surface area contributed by atoms with Gasteiger partial charge in [0, 0.05) is 22.2 Å². The molecule has 0 bridgehead atoms. The number of halogens is 1. The number of likely N-dealkylation sites (tertiary alicyclic amines) is 1. The van der Waals surface area contributed by atoms with Crippen LogP contribution < -0.4 is 10.1 Å². The molecule has 1 fully saturated rings. The molecule has 8 heteroatoms. The molecule has 1 amide bonds. The van der Waals surface area contributed by atoms with Crippen LogP contribution in [-0.2, 0) is 0 Å². The summed E-state index contributed by atoms with van der Waals surface area (Å²) in [6.07, 6.45) is 2.28. The Balaban J connectivity index is 1.77. The first-order valence-corrected chi connectivity index (χ1v) is 10.2. The number of carbonyl (C=O) groups is 1. The molecule has 0 aromatic heterocycles. The van der Waals surface area contributed by atoms with Crippen LogP contribution in [0.3, 0.4) is 0 Å². The van der Waals surface area contributed by atoms with Gasteiger partial charge < -0.3 is 10.1 Å². The molecule has 0 aliphatic carbocycles. The summed E-state index contributed by atoms with van der Waals surface area (Å²) in [6, 6.07) is 12.3. The van der Waals surface area contributed by atoms with E-state index in [4.69, 9.17) is 4.74 Å². The predicted molar refractivity (Wildman–Crippen MR) is 115 cm³/mol. The van der Waals surface area contributed by atoms with Crippen LogP contribution in [0.4, 0.5) is 5.69 Å². The Morgan fingerprint density at radius 1 is 1.25 bits per heavy atom. The Hall–Kier alpha value is -2.20. The average molecular weight is 495 g/mol. The lowest BCUT2D eigenvalue weighted by molar-refractivity contribution is -0.384. The Morgan fingerprint density at radius 2 is 1.93 bits per heavy atom. The van der Waals surface area contributed by atoms with Gasteiger partial charge in [-0.25, -0.2) is 0 Å². The number of nitro groups is 1. The SMILES string of the molecule is COc1ccc(C(CNC(=O)c2cc([N+](=O)[O-])ccc2I)N2CCCC2)cc1. The number of methoxy groups -OCH3 is 1. The van der Waals surface area contributed by atoms with Crippen molar-refractivity contribution in [2.24, 2.45) is 0 Å². The summed E-state index contributed by atoms with van der Waals surface area (Å²) in [5.41, 5.74) is 1.35. The monoisotopic (exact) mass is 495 g/mol. The molecule has 1 atom stereocenters. The van der Waals surface area contributed by atoms with Crippen LogP contribution in [0.15, 0.2) is 42.5 Å². The summed E-state index contributed by atoms with van der Waals surface area (Å²) in [5, 5.41) is 14.0. The zero-order valence-electron chi connectivity index (χ0n) is 15.6. The summed E-state index contributed by atoms with van der Waals surface area (Å²) in [6.45, 7) is 2.41. The number of non-ortho nitro benzene ring substituents is 1. The maximum atomic E-state index is 12.7. The van der Waals surface area contributed by atoms with Crippen molar-refractivity contribution in [3.8, 4) is 5.75 Å². The van der Waals surface area contributed by atoms with E-state index in [0.29, 0.717) is 15.7 Å². The molecule has 148 valence electrons. The second-order valence-electron chi connectivity index (χ2n) is 6.66. The van der Waals surface area contributed by atoms with E-state index in [1.165, 1.54) is 12.1 Å². The molecule has 1 saturated heterocycles. The number of nitro benzene ring substituents is 1. The fraction of sp³-hybridized carbons (Fsp3) is 0.350. The summed E-state index contributed by atoms with van der Waals surface area (Å²) in [5.74, 6) is 0.491. The van der Waals surface area contributed by atoms with E-state index in [0.717, 1.165) is 37.2 Å². The van der Waals surface area contributed by atoms with Crippen LogP contribution in [0.5, 0.6) is 5.75 Å². The van der Waals surface area contributed by atoms with Crippen LogP contribution in [0.25, 0.3) is 0 Å². The molecule has 2 aromatic carbocycles. The highest BCUT2D eigenvalue weighted by molar-refractivity contribution is 14.1. The van der Waals surface area contributed by atoms with Gasteiger partial charge in [-0.05, 0) is 72.3 Å². The van der Waals surface area contributed by atoms with Crippen molar-refractivity contribution in [2.75, 3.05) is 26.7 Å². The predicted octanol–water partition coefficient (Wildman–Crippen LogP) is 3.77. The quantitative estimate of drug-likeness (QED) is 0.359. The van der Waals surface area contributed by atoms with E-state index in [1.807, 2.05) is 46.9 Å². The molecule has 1 unspecified atom stereocenters. The summed E-state index contributed by atoms with van der Waals surface area (Å²) >= 11 is 2.02. The van der Waals surface area contributed by atoms with Crippen molar-refractivity contribution in [3.05, 3.63) is 67.3 Å². The van der Waals surface area contributed by atoms with Gasteiger partial charge in [0.15, 0.2) is 0 Å². The minimum absolute atomic E-state index is 0.0497. The van der Waals surface area contributed by atoms with E-state index in [9.17, 15) is 14.9 Å². The van der Waals surface area contributed by atoms with Gasteiger partial charge in [0.25, 0.3) is 11.6 Å². The molecule has 28 heavy (non-hydrogen) atoms. The largest absolute Gasteiger partial charge is 0.497 e. The molecule has 1 aliphatic heterocycles. The van der Waals surface area contributed by atoms with Crippen molar-refractivity contribution < 1.29 is 14.5 Å². The Morgan fingerprint density at radius 3 is 2.54 bits per heavy atom. The molecule has 7 nitrogen and oxygen atoms in total. The number of ether oxygens (including phenoxy) is 1. The minimum Gasteiger partial charge on any atom is -0.497 e. The summed E-state index contributed by atoms with van der Waals surface area (Å²) < 4.78 is 5.92. The number of benzene rings is 2. The Kier molecular flexibility index (Phi) is 6.84. The van der Waals surface area contributed by atoms with Crippen LogP contribution >= 0.6 is 22.6 Å². The molecule has 3 rings (SSSR count). The van der Waals surface area contributed by atoms with Crippen molar-refractivity contribution in [1.29, 1.82) is 0 Å². The van der Waals surface area contributed by atoms with Gasteiger partial charge in [-0.2, -0.15) is 0 Å². The molecule has 0 spiro atoms. The van der Waals surface area contributed by atoms with E-state index in [2.05, 4.69) is 10.2 Å². The van der Waals surface area contributed by atoms with Gasteiger partial charge in [-0.1, -0.05) is 12.1 Å². The van der Waals surface area contributed by atoms with Crippen LogP contribution in [0.2, 0.25) is 0 Å². The topological polar surface area (TPSA) is 84.7 Å². The molecule has 0 radical (unpaired) electrons. The lowest BCUT2D eigenvalue weighted by atomic mass is 10.0. The van der Waals surface area contributed by atoms with Crippen LogP contribution in [0.1, 0.15) is 34.8 Å². The lowest BCUT2D eigenvalue weighted by Crippen LogP contribution is -2.37. The fourth-order valence-electron chi connectivity index (χ4n) is 3.42. The molecule has 2 aromatic rings. The second kappa shape index (κ2) is 9.33. The van der Waals surface area contributed by atoms with Crippen molar-refractivity contribution in [3.63, 3.8) is 0 Å². The fourth-order valence-corrected chi connectivity index (χ4v) is 4.00. The minimum atomic E-state index is -0.489. The van der Waals surface area contributed by atoms with Crippen LogP contribution in [0, 0.1) is 13.7 Å². The van der Waals surface area contributed by atoms with Crippen molar-refractivity contribution in [1.82, 2.24) is 10.2 Å². The van der Waals surface area contributed by atoms with Crippen molar-refractivity contribution in [2.45, 2.75) is 18.9 Å². The third-order valence-corrected chi connectivity index (χ3v) is 5.88. The third-order valence-electron chi connectivity index (χ3n) is 4.94. The smallest absolute Gasteiger partial charge is 0.270 e. The second-order valence-corrected chi connectivity index (χ2v) is 7.83. The van der Waals surface area contributed by atoms with E-state index in [1.54, 1.807) is 13.2 Å². The van der Waals surface area contributed by atoms with Crippen molar-refractivity contribution >= 4 is 34.2 Å². The maximum absolute atomic E-state index is 12.7. The highest BCUT2D eigenvalue weighted by atomic mass is 127. The number of rotatable bonds is 7. The van der Waals surface area contributed by atoms with Crippen LogP contribution in [-0.4, -0.2) is 42.5 Å². The highest BCUT2D eigenvalue weighted by Gasteiger charge is 2.25. The zero-order chi connectivity index (χ0) is 20.1. The first-order chi connectivity index (χ1) is 13.5. The van der Waals surface area contributed by atoms with Gasteiger partial charge in [0.1, 0.15) is 5.75 Å². The molecular formula is C20H22IN3O4. The molecule has 1 aliphatic rings. The average Bonchev–Trinajstić information content (AvgIpc) is 3.23. The van der Waals surface area contributed by atoms with E-state index in [-0.39, 0.29) is 17.6 Å². The van der Waals surface area contributed by atoms with E-state index < -0.39 is 4.92 Å². The normalized spacial score (nSPS) is 15.2. The van der Waals surface area contributed by atoms with Gasteiger partial charge >= 0.3 is 0 Å². The Bertz CT molecular complexity index is 851. The maximum Gasteiger partial charge on any atom is 0.270 e.